The van der Waals surface area contributed by atoms with E-state index in [-0.39, 0.29) is 16.2 Å². The summed E-state index contributed by atoms with van der Waals surface area (Å²) in [4.78, 5) is 24.8. The molecule has 2 N–H and O–H groups in total. The van der Waals surface area contributed by atoms with Gasteiger partial charge in [-0.25, -0.2) is 17.9 Å². The van der Waals surface area contributed by atoms with Gasteiger partial charge < -0.3 is 19.5 Å². The van der Waals surface area contributed by atoms with Gasteiger partial charge in [-0.1, -0.05) is 12.1 Å². The molecule has 0 aliphatic carbocycles. The molecule has 0 fully saturated rings. The van der Waals surface area contributed by atoms with Crippen molar-refractivity contribution in [3.63, 3.8) is 0 Å². The smallest absolute Gasteiger partial charge is 0.338 e. The van der Waals surface area contributed by atoms with Gasteiger partial charge in [0.25, 0.3) is 5.91 Å². The summed E-state index contributed by atoms with van der Waals surface area (Å²) < 4.78 is 43.6. The SMILES string of the molecule is COc1ccc(CCNC(=O)C(C)OC(=O)c2ccc(OC)c(S(=O)(=O)NC(C)(C)C)c2)cc1. The Kier molecular flexibility index (Phi) is 9.06. The molecule has 9 nitrogen and oxygen atoms in total. The summed E-state index contributed by atoms with van der Waals surface area (Å²) in [6, 6.07) is 11.4. The van der Waals surface area contributed by atoms with E-state index in [2.05, 4.69) is 10.0 Å². The first-order valence-electron chi connectivity index (χ1n) is 10.7. The van der Waals surface area contributed by atoms with E-state index in [1.165, 1.54) is 32.2 Å². The second-order valence-electron chi connectivity index (χ2n) is 8.66. The zero-order valence-corrected chi connectivity index (χ0v) is 21.1. The molecular weight excluding hydrogens is 460 g/mol. The summed E-state index contributed by atoms with van der Waals surface area (Å²) in [6.45, 7) is 6.90. The molecule has 0 heterocycles. The van der Waals surface area contributed by atoms with Gasteiger partial charge in [0, 0.05) is 12.1 Å². The summed E-state index contributed by atoms with van der Waals surface area (Å²) >= 11 is 0. The van der Waals surface area contributed by atoms with Crippen molar-refractivity contribution in [3.05, 3.63) is 53.6 Å². The first-order valence-corrected chi connectivity index (χ1v) is 12.2. The number of methoxy groups -OCH3 is 2. The first kappa shape index (κ1) is 27.1. The van der Waals surface area contributed by atoms with Crippen LogP contribution in [0.4, 0.5) is 0 Å². The molecule has 2 rings (SSSR count). The molecule has 10 heteroatoms. The fraction of sp³-hybridized carbons (Fsp3) is 0.417. The monoisotopic (exact) mass is 492 g/mol. The van der Waals surface area contributed by atoms with Crippen LogP contribution in [-0.4, -0.2) is 52.7 Å². The van der Waals surface area contributed by atoms with Crippen molar-refractivity contribution in [1.29, 1.82) is 0 Å². The van der Waals surface area contributed by atoms with Gasteiger partial charge in [0.05, 0.1) is 19.8 Å². The Morgan fingerprint density at radius 2 is 1.65 bits per heavy atom. The molecule has 0 spiro atoms. The topological polar surface area (TPSA) is 120 Å². The van der Waals surface area contributed by atoms with Crippen LogP contribution in [-0.2, 0) is 26.0 Å². The Balaban J connectivity index is 2.02. The third kappa shape index (κ3) is 7.74. The van der Waals surface area contributed by atoms with Crippen LogP contribution in [0.3, 0.4) is 0 Å². The highest BCUT2D eigenvalue weighted by molar-refractivity contribution is 7.89. The maximum atomic E-state index is 12.8. The van der Waals surface area contributed by atoms with E-state index in [0.717, 1.165) is 11.3 Å². The Labute approximate surface area is 200 Å². The van der Waals surface area contributed by atoms with Crippen LogP contribution in [0, 0.1) is 0 Å². The number of rotatable bonds is 10. The van der Waals surface area contributed by atoms with Crippen LogP contribution in [0.2, 0.25) is 0 Å². The highest BCUT2D eigenvalue weighted by atomic mass is 32.2. The quantitative estimate of drug-likeness (QED) is 0.489. The molecule has 0 aromatic heterocycles. The summed E-state index contributed by atoms with van der Waals surface area (Å²) in [5.74, 6) is -0.458. The molecule has 0 aliphatic heterocycles. The van der Waals surface area contributed by atoms with Gasteiger partial charge in [0.1, 0.15) is 16.4 Å². The predicted octanol–water partition coefficient (Wildman–Crippen LogP) is 2.68. The third-order valence-corrected chi connectivity index (χ3v) is 6.43. The molecule has 1 amide bonds. The van der Waals surface area contributed by atoms with Gasteiger partial charge >= 0.3 is 5.97 Å². The molecule has 186 valence electrons. The van der Waals surface area contributed by atoms with Crippen LogP contribution < -0.4 is 19.5 Å². The zero-order chi connectivity index (χ0) is 25.5. The summed E-state index contributed by atoms with van der Waals surface area (Å²) in [5.41, 5.74) is 0.258. The molecule has 1 atom stereocenters. The minimum absolute atomic E-state index is 0.0204. The number of sulfonamides is 1. The van der Waals surface area contributed by atoms with E-state index >= 15 is 0 Å². The van der Waals surface area contributed by atoms with E-state index in [0.29, 0.717) is 13.0 Å². The number of nitrogens with one attached hydrogen (secondary N) is 2. The first-order chi connectivity index (χ1) is 15.9. The average molecular weight is 493 g/mol. The molecule has 2 aromatic rings. The number of ether oxygens (including phenoxy) is 3. The highest BCUT2D eigenvalue weighted by Crippen LogP contribution is 2.26. The van der Waals surface area contributed by atoms with Crippen LogP contribution in [0.25, 0.3) is 0 Å². The molecule has 0 saturated carbocycles. The lowest BCUT2D eigenvalue weighted by atomic mass is 10.1. The van der Waals surface area contributed by atoms with E-state index in [9.17, 15) is 18.0 Å². The Morgan fingerprint density at radius 3 is 2.21 bits per heavy atom. The Hall–Kier alpha value is -3.11. The normalized spacial score (nSPS) is 12.5. The molecule has 0 saturated heterocycles. The average Bonchev–Trinajstić information content (AvgIpc) is 2.77. The van der Waals surface area contributed by atoms with E-state index in [1.807, 2.05) is 24.3 Å². The second kappa shape index (κ2) is 11.3. The zero-order valence-electron chi connectivity index (χ0n) is 20.3. The van der Waals surface area contributed by atoms with E-state index in [4.69, 9.17) is 14.2 Å². The van der Waals surface area contributed by atoms with Gasteiger partial charge in [0.2, 0.25) is 10.0 Å². The molecular formula is C24H32N2O7S. The van der Waals surface area contributed by atoms with Gasteiger partial charge in [-0.15, -0.1) is 0 Å². The van der Waals surface area contributed by atoms with Crippen molar-refractivity contribution >= 4 is 21.9 Å². The van der Waals surface area contributed by atoms with Crippen LogP contribution >= 0.6 is 0 Å². The molecule has 1 unspecified atom stereocenters. The fourth-order valence-corrected chi connectivity index (χ4v) is 4.63. The fourth-order valence-electron chi connectivity index (χ4n) is 3.02. The van der Waals surface area contributed by atoms with Gasteiger partial charge in [-0.2, -0.15) is 0 Å². The number of benzene rings is 2. The maximum absolute atomic E-state index is 12.8. The molecule has 0 bridgehead atoms. The van der Waals surface area contributed by atoms with Gasteiger partial charge in [-0.3, -0.25) is 4.79 Å². The van der Waals surface area contributed by atoms with Crippen LogP contribution in [0.1, 0.15) is 43.6 Å². The Morgan fingerprint density at radius 1 is 1.00 bits per heavy atom. The third-order valence-electron chi connectivity index (χ3n) is 4.65. The predicted molar refractivity (Wildman–Crippen MR) is 128 cm³/mol. The van der Waals surface area contributed by atoms with Crippen molar-refractivity contribution in [2.75, 3.05) is 20.8 Å². The van der Waals surface area contributed by atoms with Crippen molar-refractivity contribution in [2.24, 2.45) is 0 Å². The largest absolute Gasteiger partial charge is 0.497 e. The molecule has 2 aromatic carbocycles. The maximum Gasteiger partial charge on any atom is 0.338 e. The van der Waals surface area contributed by atoms with Crippen LogP contribution in [0.15, 0.2) is 47.4 Å². The second-order valence-corrected chi connectivity index (χ2v) is 10.3. The summed E-state index contributed by atoms with van der Waals surface area (Å²) in [6.07, 6.45) is -0.477. The Bertz CT molecular complexity index is 1110. The van der Waals surface area contributed by atoms with Crippen molar-refractivity contribution in [3.8, 4) is 11.5 Å². The van der Waals surface area contributed by atoms with Crippen molar-refractivity contribution < 1.29 is 32.2 Å². The molecule has 0 radical (unpaired) electrons. The van der Waals surface area contributed by atoms with Crippen molar-refractivity contribution in [2.45, 2.75) is 50.7 Å². The van der Waals surface area contributed by atoms with Gasteiger partial charge in [-0.05, 0) is 70.0 Å². The number of carbonyl (C=O) groups is 2. The number of hydrogen-bond acceptors (Lipinski definition) is 7. The van der Waals surface area contributed by atoms with Gasteiger partial charge in [0.15, 0.2) is 6.10 Å². The lowest BCUT2D eigenvalue weighted by molar-refractivity contribution is -0.129. The lowest BCUT2D eigenvalue weighted by Gasteiger charge is -2.21. The van der Waals surface area contributed by atoms with E-state index < -0.39 is 33.5 Å². The number of carbonyl (C=O) groups excluding carboxylic acids is 2. The standard InChI is InChI=1S/C24H32N2O7S/c1-16(22(27)25-14-13-17-7-10-19(31-5)11-8-17)33-23(28)18-9-12-20(32-6)21(15-18)34(29,30)26-24(2,3)4/h7-12,15-16,26H,13-14H2,1-6H3,(H,25,27). The summed E-state index contributed by atoms with van der Waals surface area (Å²) in [5, 5.41) is 2.72. The number of hydrogen-bond donors (Lipinski definition) is 2. The van der Waals surface area contributed by atoms with Crippen LogP contribution in [0.5, 0.6) is 11.5 Å². The minimum atomic E-state index is -3.97. The number of amides is 1. The minimum Gasteiger partial charge on any atom is -0.497 e. The van der Waals surface area contributed by atoms with E-state index in [1.54, 1.807) is 27.9 Å². The van der Waals surface area contributed by atoms with Crippen molar-refractivity contribution in [1.82, 2.24) is 10.0 Å². The summed E-state index contributed by atoms with van der Waals surface area (Å²) in [7, 11) is -1.05. The molecule has 0 aliphatic rings. The molecule has 34 heavy (non-hydrogen) atoms. The highest BCUT2D eigenvalue weighted by Gasteiger charge is 2.27. The lowest BCUT2D eigenvalue weighted by Crippen LogP contribution is -2.40. The number of esters is 1.